The first-order chi connectivity index (χ1) is 8.10. The smallest absolute Gasteiger partial charge is 0.264 e. The van der Waals surface area contributed by atoms with E-state index in [0.717, 1.165) is 23.3 Å². The topological polar surface area (TPSA) is 46.3 Å². The lowest BCUT2D eigenvalue weighted by Gasteiger charge is -2.21. The summed E-state index contributed by atoms with van der Waals surface area (Å²) in [5.41, 5.74) is 6.63. The Morgan fingerprint density at radius 2 is 2.24 bits per heavy atom. The van der Waals surface area contributed by atoms with Crippen molar-refractivity contribution >= 4 is 34.5 Å². The minimum absolute atomic E-state index is 0.0477. The molecule has 0 aliphatic rings. The molecule has 2 N–H and O–H groups in total. The van der Waals surface area contributed by atoms with Crippen molar-refractivity contribution in [3.63, 3.8) is 0 Å². The van der Waals surface area contributed by atoms with E-state index in [1.54, 1.807) is 4.90 Å². The lowest BCUT2D eigenvalue weighted by molar-refractivity contribution is 0.0784. The molecule has 0 radical (unpaired) electrons. The third-order valence-electron chi connectivity index (χ3n) is 2.45. The van der Waals surface area contributed by atoms with Gasteiger partial charge in [0.2, 0.25) is 0 Å². The molecule has 5 heteroatoms. The van der Waals surface area contributed by atoms with Crippen LogP contribution < -0.4 is 5.73 Å². The van der Waals surface area contributed by atoms with Gasteiger partial charge in [-0.3, -0.25) is 4.79 Å². The molecule has 0 unspecified atom stereocenters. The number of amides is 1. The maximum Gasteiger partial charge on any atom is 0.264 e. The van der Waals surface area contributed by atoms with E-state index < -0.39 is 0 Å². The zero-order valence-electron chi connectivity index (χ0n) is 10.2. The fraction of sp³-hybridized carbons (Fsp3) is 0.500. The van der Waals surface area contributed by atoms with Gasteiger partial charge < -0.3 is 10.6 Å². The predicted octanol–water partition coefficient (Wildman–Crippen LogP) is 2.45. The van der Waals surface area contributed by atoms with Gasteiger partial charge in [0, 0.05) is 6.54 Å². The fourth-order valence-electron chi connectivity index (χ4n) is 1.66. The molecule has 1 rings (SSSR count). The van der Waals surface area contributed by atoms with Crippen LogP contribution in [0.1, 0.15) is 35.5 Å². The molecule has 1 heterocycles. The normalized spacial score (nSPS) is 10.2. The number of carbonyl (C=O) groups excluding carboxylic acids is 1. The van der Waals surface area contributed by atoms with Crippen LogP contribution in [0.25, 0.3) is 0 Å². The Bertz CT molecular complexity index is 401. The van der Waals surface area contributed by atoms with Crippen molar-refractivity contribution in [2.45, 2.75) is 26.7 Å². The largest absolute Gasteiger partial charge is 0.392 e. The van der Waals surface area contributed by atoms with Crippen molar-refractivity contribution < 1.29 is 4.79 Å². The molecule has 17 heavy (non-hydrogen) atoms. The number of thiocarbonyl (C=S) groups is 1. The summed E-state index contributed by atoms with van der Waals surface area (Å²) in [5, 5.41) is 1.96. The minimum Gasteiger partial charge on any atom is -0.392 e. The van der Waals surface area contributed by atoms with Crippen molar-refractivity contribution in [2.75, 3.05) is 13.1 Å². The first-order valence-corrected chi connectivity index (χ1v) is 7.02. The average molecular weight is 270 g/mol. The van der Waals surface area contributed by atoms with Crippen LogP contribution in [0, 0.1) is 0 Å². The Labute approximate surface area is 112 Å². The summed E-state index contributed by atoms with van der Waals surface area (Å²) in [7, 11) is 0. The second-order valence-electron chi connectivity index (χ2n) is 3.82. The summed E-state index contributed by atoms with van der Waals surface area (Å²) < 4.78 is 0. The molecular formula is C12H18N2OS2. The molecule has 1 amide bonds. The van der Waals surface area contributed by atoms with Crippen molar-refractivity contribution in [3.05, 3.63) is 21.9 Å². The molecule has 1 aromatic rings. The monoisotopic (exact) mass is 270 g/mol. The Morgan fingerprint density at radius 3 is 2.76 bits per heavy atom. The number of hydrogen-bond acceptors (Lipinski definition) is 3. The van der Waals surface area contributed by atoms with E-state index >= 15 is 0 Å². The Kier molecular flexibility index (Phi) is 5.58. The van der Waals surface area contributed by atoms with Crippen molar-refractivity contribution in [1.29, 1.82) is 0 Å². The fourth-order valence-corrected chi connectivity index (χ4v) is 2.77. The van der Waals surface area contributed by atoms with E-state index in [-0.39, 0.29) is 5.91 Å². The number of carbonyl (C=O) groups is 1. The van der Waals surface area contributed by atoms with E-state index in [4.69, 9.17) is 18.0 Å². The molecule has 0 spiro atoms. The zero-order chi connectivity index (χ0) is 12.8. The quantitative estimate of drug-likeness (QED) is 0.808. The minimum atomic E-state index is 0.0477. The highest BCUT2D eigenvalue weighted by atomic mass is 32.1. The molecule has 0 saturated carbocycles. The molecule has 0 bridgehead atoms. The number of hydrogen-bond donors (Lipinski definition) is 1. The Morgan fingerprint density at radius 1 is 1.53 bits per heavy atom. The standard InChI is InChI=1S/C12H18N2OS2/c1-3-6-14(8-10(13)16)12(15)11-9(4-2)5-7-17-11/h5,7H,3-4,6,8H2,1-2H3,(H2,13,16). The molecular weight excluding hydrogens is 252 g/mol. The maximum atomic E-state index is 12.3. The third kappa shape index (κ3) is 3.78. The van der Waals surface area contributed by atoms with E-state index in [9.17, 15) is 4.79 Å². The Hall–Kier alpha value is -0.940. The molecule has 0 fully saturated rings. The van der Waals surface area contributed by atoms with Crippen molar-refractivity contribution in [1.82, 2.24) is 4.90 Å². The van der Waals surface area contributed by atoms with Gasteiger partial charge in [0.05, 0.1) is 16.4 Å². The van der Waals surface area contributed by atoms with Crippen LogP contribution in [0.3, 0.4) is 0 Å². The van der Waals surface area contributed by atoms with Gasteiger partial charge in [-0.1, -0.05) is 26.1 Å². The summed E-state index contributed by atoms with van der Waals surface area (Å²) >= 11 is 6.37. The molecule has 94 valence electrons. The highest BCUT2D eigenvalue weighted by Gasteiger charge is 2.19. The third-order valence-corrected chi connectivity index (χ3v) is 3.52. The molecule has 3 nitrogen and oxygen atoms in total. The molecule has 0 atom stereocenters. The first kappa shape index (κ1) is 14.1. The van der Waals surface area contributed by atoms with Crippen LogP contribution in [0.15, 0.2) is 11.4 Å². The molecule has 1 aromatic heterocycles. The highest BCUT2D eigenvalue weighted by Crippen LogP contribution is 2.19. The SMILES string of the molecule is CCCN(CC(N)=S)C(=O)c1sccc1CC. The lowest BCUT2D eigenvalue weighted by atomic mass is 10.2. The van der Waals surface area contributed by atoms with Gasteiger partial charge in [0.15, 0.2) is 0 Å². The molecule has 0 aliphatic heterocycles. The predicted molar refractivity (Wildman–Crippen MR) is 76.7 cm³/mol. The van der Waals surface area contributed by atoms with Gasteiger partial charge >= 0.3 is 0 Å². The van der Waals surface area contributed by atoms with Crippen LogP contribution in [-0.4, -0.2) is 28.9 Å². The van der Waals surface area contributed by atoms with Crippen molar-refractivity contribution in [3.8, 4) is 0 Å². The van der Waals surface area contributed by atoms with Crippen LogP contribution >= 0.6 is 23.6 Å². The Balaban J connectivity index is 2.87. The summed E-state index contributed by atoms with van der Waals surface area (Å²) in [6.45, 7) is 5.14. The van der Waals surface area contributed by atoms with E-state index in [1.165, 1.54) is 11.3 Å². The number of aryl methyl sites for hydroxylation is 1. The van der Waals surface area contributed by atoms with Crippen LogP contribution in [0.5, 0.6) is 0 Å². The summed E-state index contributed by atoms with van der Waals surface area (Å²) in [5.74, 6) is 0.0477. The van der Waals surface area contributed by atoms with Gasteiger partial charge in [0.25, 0.3) is 5.91 Å². The summed E-state index contributed by atoms with van der Waals surface area (Å²) in [4.78, 5) is 15.2. The van der Waals surface area contributed by atoms with Crippen LogP contribution in [-0.2, 0) is 6.42 Å². The first-order valence-electron chi connectivity index (χ1n) is 5.74. The van der Waals surface area contributed by atoms with E-state index in [0.29, 0.717) is 18.1 Å². The van der Waals surface area contributed by atoms with Gasteiger partial charge in [-0.05, 0) is 29.9 Å². The lowest BCUT2D eigenvalue weighted by Crippen LogP contribution is -2.38. The zero-order valence-corrected chi connectivity index (χ0v) is 11.9. The van der Waals surface area contributed by atoms with Gasteiger partial charge in [0.1, 0.15) is 0 Å². The highest BCUT2D eigenvalue weighted by molar-refractivity contribution is 7.80. The summed E-state index contributed by atoms with van der Waals surface area (Å²) in [6.07, 6.45) is 1.78. The van der Waals surface area contributed by atoms with Crippen LogP contribution in [0.4, 0.5) is 0 Å². The number of nitrogens with zero attached hydrogens (tertiary/aromatic N) is 1. The second-order valence-corrected chi connectivity index (χ2v) is 5.26. The van der Waals surface area contributed by atoms with Crippen LogP contribution in [0.2, 0.25) is 0 Å². The maximum absolute atomic E-state index is 12.3. The van der Waals surface area contributed by atoms with Gasteiger partial charge in [-0.15, -0.1) is 11.3 Å². The van der Waals surface area contributed by atoms with Gasteiger partial charge in [-0.25, -0.2) is 0 Å². The number of thiophene rings is 1. The molecule has 0 aromatic carbocycles. The van der Waals surface area contributed by atoms with Crippen molar-refractivity contribution in [2.24, 2.45) is 5.73 Å². The summed E-state index contributed by atoms with van der Waals surface area (Å²) in [6, 6.07) is 2.00. The average Bonchev–Trinajstić information content (AvgIpc) is 2.74. The second kappa shape index (κ2) is 6.71. The number of rotatable bonds is 6. The molecule has 0 aliphatic carbocycles. The van der Waals surface area contributed by atoms with E-state index in [1.807, 2.05) is 18.4 Å². The van der Waals surface area contributed by atoms with E-state index in [2.05, 4.69) is 6.92 Å². The molecule has 0 saturated heterocycles. The number of nitrogens with two attached hydrogens (primary N) is 1. The van der Waals surface area contributed by atoms with Gasteiger partial charge in [-0.2, -0.15) is 0 Å².